The summed E-state index contributed by atoms with van der Waals surface area (Å²) < 4.78 is 5.02. The fraction of sp³-hybridized carbons (Fsp3) is 0. The van der Waals surface area contributed by atoms with Crippen molar-refractivity contribution in [1.29, 1.82) is 0 Å². The molecule has 0 unspecified atom stereocenters. The lowest BCUT2D eigenvalue weighted by atomic mass is 10.2. The van der Waals surface area contributed by atoms with Crippen molar-refractivity contribution in [3.8, 4) is 11.5 Å². The highest BCUT2D eigenvalue weighted by molar-refractivity contribution is 6.42. The molecule has 1 aromatic carbocycles. The molecule has 0 amide bonds. The van der Waals surface area contributed by atoms with Gasteiger partial charge in [0.1, 0.15) is 0 Å². The van der Waals surface area contributed by atoms with Crippen LogP contribution >= 0.6 is 23.2 Å². The third kappa shape index (κ3) is 1.66. The van der Waals surface area contributed by atoms with Crippen LogP contribution in [-0.2, 0) is 0 Å². The van der Waals surface area contributed by atoms with E-state index in [1.807, 2.05) is 0 Å². The van der Waals surface area contributed by atoms with Gasteiger partial charge in [-0.2, -0.15) is 0 Å². The van der Waals surface area contributed by atoms with Crippen LogP contribution in [0, 0.1) is 0 Å². The summed E-state index contributed by atoms with van der Waals surface area (Å²) in [6.07, 6.45) is 0. The second-order valence-corrected chi connectivity index (χ2v) is 3.39. The standard InChI is InChI=1S/C8H5Cl2N3O/c9-5-2-1-4(3-6(5)10)7-12-13-8(11)14-7/h1-3H,(H2,11,13). The van der Waals surface area contributed by atoms with E-state index in [4.69, 9.17) is 33.4 Å². The first-order valence-electron chi connectivity index (χ1n) is 3.71. The van der Waals surface area contributed by atoms with Gasteiger partial charge in [-0.3, -0.25) is 0 Å². The van der Waals surface area contributed by atoms with Gasteiger partial charge in [0.2, 0.25) is 5.89 Å². The van der Waals surface area contributed by atoms with Crippen molar-refractivity contribution in [2.45, 2.75) is 0 Å². The first kappa shape index (κ1) is 9.30. The summed E-state index contributed by atoms with van der Waals surface area (Å²) in [4.78, 5) is 0. The molecule has 0 saturated carbocycles. The predicted molar refractivity (Wildman–Crippen MR) is 54.2 cm³/mol. The maximum Gasteiger partial charge on any atom is 0.313 e. The van der Waals surface area contributed by atoms with Crippen LogP contribution in [0.15, 0.2) is 22.6 Å². The molecule has 2 aromatic rings. The molecule has 72 valence electrons. The highest BCUT2D eigenvalue weighted by atomic mass is 35.5. The lowest BCUT2D eigenvalue weighted by molar-refractivity contribution is 0.590. The number of nitrogen functional groups attached to an aromatic ring is 1. The molecule has 6 heteroatoms. The fourth-order valence-corrected chi connectivity index (χ4v) is 1.28. The van der Waals surface area contributed by atoms with Gasteiger partial charge in [0.25, 0.3) is 0 Å². The van der Waals surface area contributed by atoms with E-state index in [-0.39, 0.29) is 6.01 Å². The molecular formula is C8H5Cl2N3O. The predicted octanol–water partition coefficient (Wildman–Crippen LogP) is 2.63. The number of aromatic nitrogens is 2. The van der Waals surface area contributed by atoms with Gasteiger partial charge < -0.3 is 10.2 Å². The van der Waals surface area contributed by atoms with E-state index in [9.17, 15) is 0 Å². The minimum absolute atomic E-state index is 0.0195. The van der Waals surface area contributed by atoms with Crippen molar-refractivity contribution in [2.24, 2.45) is 0 Å². The van der Waals surface area contributed by atoms with Crippen LogP contribution in [-0.4, -0.2) is 10.2 Å². The monoisotopic (exact) mass is 229 g/mol. The molecule has 0 bridgehead atoms. The summed E-state index contributed by atoms with van der Waals surface area (Å²) in [5.74, 6) is 0.320. The van der Waals surface area contributed by atoms with Gasteiger partial charge in [-0.1, -0.05) is 28.3 Å². The zero-order valence-corrected chi connectivity index (χ0v) is 8.38. The summed E-state index contributed by atoms with van der Waals surface area (Å²) in [7, 11) is 0. The Hall–Kier alpha value is -1.26. The molecule has 1 aromatic heterocycles. The van der Waals surface area contributed by atoms with Crippen LogP contribution in [0.5, 0.6) is 0 Å². The normalized spacial score (nSPS) is 10.4. The zero-order chi connectivity index (χ0) is 10.1. The summed E-state index contributed by atoms with van der Waals surface area (Å²) in [6.45, 7) is 0. The van der Waals surface area contributed by atoms with Crippen LogP contribution < -0.4 is 5.73 Å². The van der Waals surface area contributed by atoms with Crippen LogP contribution in [0.2, 0.25) is 10.0 Å². The number of hydrogen-bond donors (Lipinski definition) is 1. The van der Waals surface area contributed by atoms with E-state index in [0.29, 0.717) is 21.5 Å². The molecule has 0 saturated heterocycles. The van der Waals surface area contributed by atoms with Crippen LogP contribution in [0.25, 0.3) is 11.5 Å². The molecule has 1 heterocycles. The van der Waals surface area contributed by atoms with Crippen LogP contribution in [0.4, 0.5) is 6.01 Å². The smallest absolute Gasteiger partial charge is 0.313 e. The van der Waals surface area contributed by atoms with E-state index in [0.717, 1.165) is 0 Å². The average molecular weight is 230 g/mol. The minimum Gasteiger partial charge on any atom is -0.404 e. The first-order valence-corrected chi connectivity index (χ1v) is 4.47. The van der Waals surface area contributed by atoms with E-state index in [1.165, 1.54) is 0 Å². The van der Waals surface area contributed by atoms with Crippen molar-refractivity contribution in [1.82, 2.24) is 10.2 Å². The SMILES string of the molecule is Nc1nnc(-c2ccc(Cl)c(Cl)c2)o1. The first-order chi connectivity index (χ1) is 6.66. The Morgan fingerprint density at radius 2 is 1.93 bits per heavy atom. The number of hydrogen-bond acceptors (Lipinski definition) is 4. The molecule has 0 atom stereocenters. The zero-order valence-electron chi connectivity index (χ0n) is 6.87. The van der Waals surface area contributed by atoms with Gasteiger partial charge >= 0.3 is 6.01 Å². The van der Waals surface area contributed by atoms with E-state index >= 15 is 0 Å². The quantitative estimate of drug-likeness (QED) is 0.817. The molecule has 0 radical (unpaired) electrons. The van der Waals surface area contributed by atoms with Gasteiger partial charge in [0.15, 0.2) is 0 Å². The lowest BCUT2D eigenvalue weighted by Crippen LogP contribution is -1.81. The second-order valence-electron chi connectivity index (χ2n) is 2.57. The number of halogens is 2. The van der Waals surface area contributed by atoms with Crippen LogP contribution in [0.1, 0.15) is 0 Å². The van der Waals surface area contributed by atoms with Gasteiger partial charge in [0.05, 0.1) is 10.0 Å². The Labute approximate surface area is 89.6 Å². The lowest BCUT2D eigenvalue weighted by Gasteiger charge is -1.97. The molecule has 2 rings (SSSR count). The number of anilines is 1. The Morgan fingerprint density at radius 1 is 1.14 bits per heavy atom. The van der Waals surface area contributed by atoms with Crippen molar-refractivity contribution in [3.05, 3.63) is 28.2 Å². The van der Waals surface area contributed by atoms with Gasteiger partial charge in [0, 0.05) is 5.56 Å². The summed E-state index contributed by atoms with van der Waals surface area (Å²) >= 11 is 11.6. The molecular weight excluding hydrogens is 225 g/mol. The molecule has 0 spiro atoms. The van der Waals surface area contributed by atoms with Gasteiger partial charge in [-0.25, -0.2) is 0 Å². The summed E-state index contributed by atoms with van der Waals surface area (Å²) in [5, 5.41) is 8.15. The maximum atomic E-state index is 5.82. The van der Waals surface area contributed by atoms with Gasteiger partial charge in [-0.05, 0) is 18.2 Å². The van der Waals surface area contributed by atoms with Crippen molar-refractivity contribution in [3.63, 3.8) is 0 Å². The van der Waals surface area contributed by atoms with Crippen LogP contribution in [0.3, 0.4) is 0 Å². The minimum atomic E-state index is 0.0195. The highest BCUT2D eigenvalue weighted by Gasteiger charge is 2.07. The molecule has 4 nitrogen and oxygen atoms in total. The Morgan fingerprint density at radius 3 is 2.50 bits per heavy atom. The average Bonchev–Trinajstić information content (AvgIpc) is 2.57. The third-order valence-corrected chi connectivity index (χ3v) is 2.35. The fourth-order valence-electron chi connectivity index (χ4n) is 0.980. The summed E-state index contributed by atoms with van der Waals surface area (Å²) in [6, 6.07) is 5.03. The number of nitrogens with zero attached hydrogens (tertiary/aromatic N) is 2. The Balaban J connectivity index is 2.47. The maximum absolute atomic E-state index is 5.82. The third-order valence-electron chi connectivity index (χ3n) is 1.61. The largest absolute Gasteiger partial charge is 0.404 e. The van der Waals surface area contributed by atoms with E-state index < -0.39 is 0 Å². The highest BCUT2D eigenvalue weighted by Crippen LogP contribution is 2.27. The number of benzene rings is 1. The molecule has 2 N–H and O–H groups in total. The molecule has 0 aliphatic rings. The van der Waals surface area contributed by atoms with Crippen molar-refractivity contribution in [2.75, 3.05) is 5.73 Å². The molecule has 0 aliphatic carbocycles. The van der Waals surface area contributed by atoms with Gasteiger partial charge in [-0.15, -0.1) is 5.10 Å². The molecule has 0 fully saturated rings. The van der Waals surface area contributed by atoms with E-state index in [1.54, 1.807) is 18.2 Å². The second kappa shape index (κ2) is 3.48. The number of nitrogens with two attached hydrogens (primary N) is 1. The molecule has 0 aliphatic heterocycles. The molecule has 14 heavy (non-hydrogen) atoms. The topological polar surface area (TPSA) is 64.9 Å². The Kier molecular flexibility index (Phi) is 2.31. The van der Waals surface area contributed by atoms with Crippen molar-refractivity contribution >= 4 is 29.2 Å². The van der Waals surface area contributed by atoms with Crippen molar-refractivity contribution < 1.29 is 4.42 Å². The summed E-state index contributed by atoms with van der Waals surface area (Å²) in [5.41, 5.74) is 5.97. The number of rotatable bonds is 1. The Bertz CT molecular complexity index is 469. The van der Waals surface area contributed by atoms with E-state index in [2.05, 4.69) is 10.2 Å².